The molecule has 1 heterocycles. The average molecular weight is 228 g/mol. The summed E-state index contributed by atoms with van der Waals surface area (Å²) in [6.45, 7) is 0. The SMILES string of the molecule is COC(=O)N1c2ccc(C#N)cc2C2CCC21. The first-order chi connectivity index (χ1) is 8.26. The monoisotopic (exact) mass is 228 g/mol. The molecule has 0 aromatic heterocycles. The van der Waals surface area contributed by atoms with Crippen LogP contribution in [0.1, 0.15) is 29.9 Å². The molecule has 1 aromatic rings. The Morgan fingerprint density at radius 1 is 1.53 bits per heavy atom. The maximum atomic E-state index is 11.8. The summed E-state index contributed by atoms with van der Waals surface area (Å²) in [5.41, 5.74) is 2.68. The molecule has 0 spiro atoms. The van der Waals surface area contributed by atoms with Crippen LogP contribution in [0, 0.1) is 11.3 Å². The quantitative estimate of drug-likeness (QED) is 0.685. The molecule has 1 aromatic carbocycles. The third kappa shape index (κ3) is 1.26. The van der Waals surface area contributed by atoms with Crippen molar-refractivity contribution in [2.75, 3.05) is 12.0 Å². The maximum absolute atomic E-state index is 11.8. The van der Waals surface area contributed by atoms with E-state index in [9.17, 15) is 4.79 Å². The van der Waals surface area contributed by atoms with Gasteiger partial charge in [0.2, 0.25) is 0 Å². The molecule has 0 N–H and O–H groups in total. The van der Waals surface area contributed by atoms with E-state index in [0.29, 0.717) is 11.5 Å². The molecule has 2 aliphatic rings. The minimum Gasteiger partial charge on any atom is -0.452 e. The van der Waals surface area contributed by atoms with Crippen molar-refractivity contribution in [1.82, 2.24) is 0 Å². The second kappa shape index (κ2) is 3.49. The Bertz CT molecular complexity index is 533. The Morgan fingerprint density at radius 2 is 2.35 bits per heavy atom. The Morgan fingerprint density at radius 3 is 2.94 bits per heavy atom. The predicted octanol–water partition coefficient (Wildman–Crippen LogP) is 2.39. The predicted molar refractivity (Wildman–Crippen MR) is 61.8 cm³/mol. The standard InChI is InChI=1S/C13H12N2O2/c1-17-13(16)15-11-5-3-9(11)10-6-8(7-14)2-4-12(10)15/h2,4,6,9,11H,3,5H2,1H3. The van der Waals surface area contributed by atoms with Crippen molar-refractivity contribution in [3.8, 4) is 6.07 Å². The van der Waals surface area contributed by atoms with Crippen LogP contribution in [0.4, 0.5) is 10.5 Å². The molecule has 1 aliphatic heterocycles. The van der Waals surface area contributed by atoms with Crippen molar-refractivity contribution in [3.63, 3.8) is 0 Å². The van der Waals surface area contributed by atoms with Crippen LogP contribution in [-0.4, -0.2) is 19.2 Å². The van der Waals surface area contributed by atoms with Crippen LogP contribution in [0.25, 0.3) is 0 Å². The minimum absolute atomic E-state index is 0.228. The summed E-state index contributed by atoms with van der Waals surface area (Å²) >= 11 is 0. The molecular weight excluding hydrogens is 216 g/mol. The molecule has 4 nitrogen and oxygen atoms in total. The Hall–Kier alpha value is -2.02. The van der Waals surface area contributed by atoms with E-state index in [0.717, 1.165) is 24.1 Å². The van der Waals surface area contributed by atoms with Crippen molar-refractivity contribution >= 4 is 11.8 Å². The first kappa shape index (κ1) is 10.2. The number of rotatable bonds is 0. The highest BCUT2D eigenvalue weighted by Gasteiger charge is 2.47. The number of hydrogen-bond donors (Lipinski definition) is 0. The Kier molecular flexibility index (Phi) is 2.08. The number of carbonyl (C=O) groups excluding carboxylic acids is 1. The lowest BCUT2D eigenvalue weighted by atomic mass is 9.77. The average Bonchev–Trinajstić information content (AvgIpc) is 2.54. The van der Waals surface area contributed by atoms with E-state index in [4.69, 9.17) is 10.00 Å². The molecule has 2 unspecified atom stereocenters. The largest absolute Gasteiger partial charge is 0.452 e. The van der Waals surface area contributed by atoms with Gasteiger partial charge >= 0.3 is 6.09 Å². The number of benzene rings is 1. The molecule has 17 heavy (non-hydrogen) atoms. The van der Waals surface area contributed by atoms with Crippen LogP contribution >= 0.6 is 0 Å². The van der Waals surface area contributed by atoms with Gasteiger partial charge in [-0.2, -0.15) is 5.26 Å². The first-order valence-corrected chi connectivity index (χ1v) is 5.67. The molecule has 4 heteroatoms. The van der Waals surface area contributed by atoms with Gasteiger partial charge in [0.15, 0.2) is 0 Å². The zero-order valence-corrected chi connectivity index (χ0v) is 9.51. The number of nitriles is 1. The van der Waals surface area contributed by atoms with Crippen molar-refractivity contribution in [2.45, 2.75) is 24.8 Å². The first-order valence-electron chi connectivity index (χ1n) is 5.67. The van der Waals surface area contributed by atoms with Gasteiger partial charge in [-0.15, -0.1) is 0 Å². The van der Waals surface area contributed by atoms with E-state index < -0.39 is 0 Å². The summed E-state index contributed by atoms with van der Waals surface area (Å²) in [5.74, 6) is 0.386. The number of nitrogens with zero attached hydrogens (tertiary/aromatic N) is 2. The zero-order valence-electron chi connectivity index (χ0n) is 9.51. The maximum Gasteiger partial charge on any atom is 0.414 e. The van der Waals surface area contributed by atoms with Crippen LogP contribution in [-0.2, 0) is 4.74 Å². The summed E-state index contributed by atoms with van der Waals surface area (Å²) in [5, 5.41) is 8.91. The fourth-order valence-corrected chi connectivity index (χ4v) is 2.81. The fraction of sp³-hybridized carbons (Fsp3) is 0.385. The van der Waals surface area contributed by atoms with Crippen molar-refractivity contribution in [3.05, 3.63) is 29.3 Å². The molecule has 2 atom stereocenters. The van der Waals surface area contributed by atoms with Crippen LogP contribution in [0.15, 0.2) is 18.2 Å². The Balaban J connectivity index is 2.08. The normalized spacial score (nSPS) is 24.4. The minimum atomic E-state index is -0.303. The van der Waals surface area contributed by atoms with Gasteiger partial charge in [0, 0.05) is 12.0 Å². The van der Waals surface area contributed by atoms with Crippen LogP contribution < -0.4 is 4.90 Å². The number of fused-ring (bicyclic) bond motifs is 3. The third-order valence-corrected chi connectivity index (χ3v) is 3.76. The summed E-state index contributed by atoms with van der Waals surface area (Å²) in [7, 11) is 1.40. The van der Waals surface area contributed by atoms with Gasteiger partial charge in [-0.3, -0.25) is 4.90 Å². The van der Waals surface area contributed by atoms with Crippen molar-refractivity contribution in [1.29, 1.82) is 5.26 Å². The van der Waals surface area contributed by atoms with Crippen molar-refractivity contribution in [2.24, 2.45) is 0 Å². The lowest BCUT2D eigenvalue weighted by Gasteiger charge is -2.35. The molecule has 0 radical (unpaired) electrons. The molecule has 1 saturated carbocycles. The highest BCUT2D eigenvalue weighted by atomic mass is 16.5. The molecule has 86 valence electrons. The van der Waals surface area contributed by atoms with E-state index in [1.807, 2.05) is 12.1 Å². The van der Waals surface area contributed by atoms with Gasteiger partial charge in [0.25, 0.3) is 0 Å². The van der Waals surface area contributed by atoms with Gasteiger partial charge in [0.05, 0.1) is 24.4 Å². The molecule has 0 saturated heterocycles. The fourth-order valence-electron chi connectivity index (χ4n) is 2.81. The van der Waals surface area contributed by atoms with Gasteiger partial charge in [-0.25, -0.2) is 4.79 Å². The van der Waals surface area contributed by atoms with Gasteiger partial charge in [0.1, 0.15) is 0 Å². The topological polar surface area (TPSA) is 53.3 Å². The van der Waals surface area contributed by atoms with E-state index >= 15 is 0 Å². The number of amides is 1. The number of methoxy groups -OCH3 is 1. The highest BCUT2D eigenvalue weighted by Crippen LogP contribution is 2.51. The van der Waals surface area contributed by atoms with Crippen LogP contribution in [0.3, 0.4) is 0 Å². The third-order valence-electron chi connectivity index (χ3n) is 3.76. The van der Waals surface area contributed by atoms with Crippen LogP contribution in [0.2, 0.25) is 0 Å². The molecule has 1 aliphatic carbocycles. The number of hydrogen-bond acceptors (Lipinski definition) is 3. The van der Waals surface area contributed by atoms with Crippen molar-refractivity contribution < 1.29 is 9.53 Å². The second-order valence-corrected chi connectivity index (χ2v) is 4.48. The molecule has 3 rings (SSSR count). The van der Waals surface area contributed by atoms with Gasteiger partial charge < -0.3 is 4.74 Å². The molecule has 0 bridgehead atoms. The smallest absolute Gasteiger partial charge is 0.414 e. The van der Waals surface area contributed by atoms with E-state index in [1.54, 1.807) is 11.0 Å². The van der Waals surface area contributed by atoms with Crippen LogP contribution in [0.5, 0.6) is 0 Å². The number of anilines is 1. The number of ether oxygens (including phenoxy) is 1. The summed E-state index contributed by atoms with van der Waals surface area (Å²) in [6, 6.07) is 7.87. The number of carbonyl (C=O) groups is 1. The molecule has 1 fully saturated rings. The lowest BCUT2D eigenvalue weighted by Crippen LogP contribution is -2.43. The molecular formula is C13H12N2O2. The van der Waals surface area contributed by atoms with E-state index in [2.05, 4.69) is 6.07 Å². The van der Waals surface area contributed by atoms with Gasteiger partial charge in [-0.1, -0.05) is 0 Å². The summed E-state index contributed by atoms with van der Waals surface area (Å²) in [6.07, 6.45) is 1.79. The lowest BCUT2D eigenvalue weighted by molar-refractivity contribution is 0.171. The second-order valence-electron chi connectivity index (χ2n) is 4.48. The Labute approximate surface area is 99.4 Å². The van der Waals surface area contributed by atoms with Gasteiger partial charge in [-0.05, 0) is 36.6 Å². The summed E-state index contributed by atoms with van der Waals surface area (Å²) < 4.78 is 4.82. The van der Waals surface area contributed by atoms with E-state index in [-0.39, 0.29) is 12.1 Å². The highest BCUT2D eigenvalue weighted by molar-refractivity contribution is 5.92. The summed E-state index contributed by atoms with van der Waals surface area (Å²) in [4.78, 5) is 13.5. The zero-order chi connectivity index (χ0) is 12.0. The molecule has 1 amide bonds. The van der Waals surface area contributed by atoms with E-state index in [1.165, 1.54) is 7.11 Å².